The molecule has 142 valence electrons. The van der Waals surface area contributed by atoms with Crippen molar-refractivity contribution >= 4 is 17.5 Å². The lowest BCUT2D eigenvalue weighted by atomic mass is 9.90. The monoisotopic (exact) mass is 380 g/mol. The zero-order valence-corrected chi connectivity index (χ0v) is 14.9. The minimum atomic E-state index is -1.06. The van der Waals surface area contributed by atoms with Crippen LogP contribution >= 0.6 is 0 Å². The second-order valence-electron chi connectivity index (χ2n) is 6.15. The summed E-state index contributed by atoms with van der Waals surface area (Å²) >= 11 is 0. The fourth-order valence-corrected chi connectivity index (χ4v) is 2.83. The van der Waals surface area contributed by atoms with Crippen LogP contribution in [0.3, 0.4) is 0 Å². The number of nitrogens with one attached hydrogen (secondary N) is 2. The van der Waals surface area contributed by atoms with Crippen molar-refractivity contribution in [3.8, 4) is 0 Å². The predicted octanol–water partition coefficient (Wildman–Crippen LogP) is 3.85. The van der Waals surface area contributed by atoms with Gasteiger partial charge in [-0.25, -0.2) is 8.78 Å². The summed E-state index contributed by atoms with van der Waals surface area (Å²) in [5.74, 6) is -3.51. The van der Waals surface area contributed by atoms with Gasteiger partial charge in [0.2, 0.25) is 11.8 Å². The van der Waals surface area contributed by atoms with Crippen LogP contribution < -0.4 is 10.6 Å². The Balaban J connectivity index is 1.68. The molecule has 0 heterocycles. The fraction of sp³-hybridized carbons (Fsp3) is 0.0909. The normalized spacial score (nSPS) is 10.5. The number of halogens is 2. The average Bonchev–Trinajstić information content (AvgIpc) is 2.71. The van der Waals surface area contributed by atoms with Crippen LogP contribution in [0, 0.1) is 11.6 Å². The van der Waals surface area contributed by atoms with Crippen LogP contribution in [0.4, 0.5) is 14.5 Å². The highest BCUT2D eigenvalue weighted by molar-refractivity contribution is 5.96. The molecule has 0 saturated carbocycles. The largest absolute Gasteiger partial charge is 0.346 e. The summed E-state index contributed by atoms with van der Waals surface area (Å²) in [5.41, 5.74) is 1.71. The second kappa shape index (κ2) is 8.90. The summed E-state index contributed by atoms with van der Waals surface area (Å²) in [6, 6.07) is 21.5. The summed E-state index contributed by atoms with van der Waals surface area (Å²) < 4.78 is 26.2. The summed E-state index contributed by atoms with van der Waals surface area (Å²) in [6.45, 7) is -0.298. The summed E-state index contributed by atoms with van der Waals surface area (Å²) in [5, 5.41) is 5.03. The first-order valence-corrected chi connectivity index (χ1v) is 8.67. The molecule has 0 aliphatic rings. The molecule has 4 nitrogen and oxygen atoms in total. The van der Waals surface area contributed by atoms with Crippen molar-refractivity contribution in [2.24, 2.45) is 0 Å². The minimum absolute atomic E-state index is 0.112. The number of carbonyl (C=O) groups excluding carboxylic acids is 2. The molecular formula is C22H18F2N2O2. The first kappa shape index (κ1) is 19.2. The fourth-order valence-electron chi connectivity index (χ4n) is 2.83. The van der Waals surface area contributed by atoms with Gasteiger partial charge in [-0.15, -0.1) is 0 Å². The second-order valence-corrected chi connectivity index (χ2v) is 6.15. The zero-order valence-electron chi connectivity index (χ0n) is 14.9. The molecule has 0 fully saturated rings. The first-order valence-electron chi connectivity index (χ1n) is 8.67. The van der Waals surface area contributed by atoms with E-state index in [9.17, 15) is 18.4 Å². The molecule has 3 rings (SSSR count). The van der Waals surface area contributed by atoms with Crippen LogP contribution in [0.1, 0.15) is 17.0 Å². The van der Waals surface area contributed by atoms with Gasteiger partial charge in [-0.3, -0.25) is 9.59 Å². The van der Waals surface area contributed by atoms with Gasteiger partial charge in [-0.2, -0.15) is 0 Å². The van der Waals surface area contributed by atoms with Gasteiger partial charge in [0.1, 0.15) is 0 Å². The van der Waals surface area contributed by atoms with Crippen molar-refractivity contribution in [2.45, 2.75) is 5.92 Å². The van der Waals surface area contributed by atoms with E-state index in [4.69, 9.17) is 0 Å². The third-order valence-corrected chi connectivity index (χ3v) is 4.15. The van der Waals surface area contributed by atoms with Gasteiger partial charge in [-0.1, -0.05) is 60.7 Å². The van der Waals surface area contributed by atoms with Gasteiger partial charge in [0, 0.05) is 11.8 Å². The Hall–Kier alpha value is -3.54. The molecule has 0 aliphatic heterocycles. The highest BCUT2D eigenvalue weighted by atomic mass is 19.2. The molecule has 0 bridgehead atoms. The lowest BCUT2D eigenvalue weighted by Gasteiger charge is -2.18. The topological polar surface area (TPSA) is 58.2 Å². The average molecular weight is 380 g/mol. The van der Waals surface area contributed by atoms with Gasteiger partial charge in [0.05, 0.1) is 12.5 Å². The third-order valence-electron chi connectivity index (χ3n) is 4.15. The van der Waals surface area contributed by atoms with E-state index in [1.54, 1.807) is 0 Å². The number of hydrogen-bond donors (Lipinski definition) is 2. The van der Waals surface area contributed by atoms with Crippen molar-refractivity contribution in [1.82, 2.24) is 5.32 Å². The summed E-state index contributed by atoms with van der Waals surface area (Å²) in [6.07, 6.45) is 0. The molecule has 0 aliphatic carbocycles. The molecule has 0 saturated heterocycles. The highest BCUT2D eigenvalue weighted by Gasteiger charge is 2.22. The van der Waals surface area contributed by atoms with Crippen LogP contribution in [-0.4, -0.2) is 18.4 Å². The smallest absolute Gasteiger partial charge is 0.243 e. The van der Waals surface area contributed by atoms with Crippen molar-refractivity contribution in [3.05, 3.63) is 102 Å². The lowest BCUT2D eigenvalue weighted by Crippen LogP contribution is -2.36. The Kier molecular flexibility index (Phi) is 6.11. The lowest BCUT2D eigenvalue weighted by molar-refractivity contribution is -0.124. The SMILES string of the molecule is O=C(CNC(=O)C(c1ccccc1)c1ccccc1)Nc1ccc(F)c(F)c1. The molecule has 0 radical (unpaired) electrons. The van der Waals surface area contributed by atoms with Gasteiger partial charge in [-0.05, 0) is 23.3 Å². The molecule has 2 N–H and O–H groups in total. The van der Waals surface area contributed by atoms with Gasteiger partial charge in [0.15, 0.2) is 11.6 Å². The maximum absolute atomic E-state index is 13.2. The van der Waals surface area contributed by atoms with Crippen LogP contribution in [0.5, 0.6) is 0 Å². The summed E-state index contributed by atoms with van der Waals surface area (Å²) in [4.78, 5) is 24.9. The predicted molar refractivity (Wildman–Crippen MR) is 103 cm³/mol. The van der Waals surface area contributed by atoms with E-state index < -0.39 is 23.5 Å². The molecule has 3 aromatic rings. The number of amides is 2. The highest BCUT2D eigenvalue weighted by Crippen LogP contribution is 2.24. The van der Waals surface area contributed by atoms with Crippen molar-refractivity contribution < 1.29 is 18.4 Å². The number of anilines is 1. The van der Waals surface area contributed by atoms with Crippen molar-refractivity contribution in [1.29, 1.82) is 0 Å². The van der Waals surface area contributed by atoms with E-state index >= 15 is 0 Å². The number of benzene rings is 3. The number of rotatable bonds is 6. The molecule has 3 aromatic carbocycles. The van der Waals surface area contributed by atoms with Crippen LogP contribution in [0.2, 0.25) is 0 Å². The molecule has 0 aromatic heterocycles. The van der Waals surface area contributed by atoms with Gasteiger partial charge in [0.25, 0.3) is 0 Å². The van der Waals surface area contributed by atoms with E-state index in [1.165, 1.54) is 6.07 Å². The number of carbonyl (C=O) groups is 2. The van der Waals surface area contributed by atoms with Crippen LogP contribution in [0.15, 0.2) is 78.9 Å². The standard InChI is InChI=1S/C22H18F2N2O2/c23-18-12-11-17(13-19(18)24)26-20(27)14-25-22(28)21(15-7-3-1-4-8-15)16-9-5-2-6-10-16/h1-13,21H,14H2,(H,25,28)(H,26,27). The van der Waals surface area contributed by atoms with E-state index in [1.807, 2.05) is 60.7 Å². The van der Waals surface area contributed by atoms with E-state index in [2.05, 4.69) is 10.6 Å². The first-order chi connectivity index (χ1) is 13.5. The molecular weight excluding hydrogens is 362 g/mol. The molecule has 0 spiro atoms. The van der Waals surface area contributed by atoms with Crippen molar-refractivity contribution in [2.75, 3.05) is 11.9 Å². The molecule has 6 heteroatoms. The Labute approximate surface area is 161 Å². The minimum Gasteiger partial charge on any atom is -0.346 e. The summed E-state index contributed by atoms with van der Waals surface area (Å²) in [7, 11) is 0. The van der Waals surface area contributed by atoms with E-state index in [-0.39, 0.29) is 18.1 Å². The maximum Gasteiger partial charge on any atom is 0.243 e. The van der Waals surface area contributed by atoms with Crippen molar-refractivity contribution in [3.63, 3.8) is 0 Å². The van der Waals surface area contributed by atoms with Gasteiger partial charge < -0.3 is 10.6 Å². The molecule has 2 amide bonds. The number of hydrogen-bond acceptors (Lipinski definition) is 2. The maximum atomic E-state index is 13.2. The molecule has 0 atom stereocenters. The molecule has 28 heavy (non-hydrogen) atoms. The van der Waals surface area contributed by atoms with E-state index in [0.717, 1.165) is 23.3 Å². The Morgan fingerprint density at radius 3 is 1.89 bits per heavy atom. The van der Waals surface area contributed by atoms with Crippen LogP contribution in [0.25, 0.3) is 0 Å². The third kappa shape index (κ3) is 4.79. The van der Waals surface area contributed by atoms with Gasteiger partial charge >= 0.3 is 0 Å². The van der Waals surface area contributed by atoms with Crippen LogP contribution in [-0.2, 0) is 9.59 Å². The van der Waals surface area contributed by atoms with E-state index in [0.29, 0.717) is 0 Å². The Morgan fingerprint density at radius 1 is 0.786 bits per heavy atom. The Bertz CT molecular complexity index is 923. The molecule has 0 unspecified atom stereocenters. The quantitative estimate of drug-likeness (QED) is 0.682. The Morgan fingerprint density at radius 2 is 1.36 bits per heavy atom. The zero-order chi connectivity index (χ0) is 19.9.